The molecule has 4 heterocycles. The van der Waals surface area contributed by atoms with Crippen LogP contribution in [-0.4, -0.2) is 23.7 Å². The fraction of sp³-hybridized carbons (Fsp3) is 0.0833. The Morgan fingerprint density at radius 1 is 0.358 bits per heavy atom. The zero-order valence-electron chi connectivity index (χ0n) is 30.2. The number of rotatable bonds is 5. The van der Waals surface area contributed by atoms with Crippen molar-refractivity contribution < 1.29 is 0 Å². The average molecular weight is 684 g/mol. The number of aryl methyl sites for hydroxylation is 4. The maximum absolute atomic E-state index is 5.48. The summed E-state index contributed by atoms with van der Waals surface area (Å²) >= 11 is 0. The molecule has 0 N–H and O–H groups in total. The standard InChI is InChI=1S/C48H37N5/c1-30-23-31(2)26-34(25-30)40-29-41(35-27-32(3)24-33(4)28-35)50-48(49-40)53-43-22-14-12-20-39(43)45-47(53)46-44(52(45)37-17-9-6-10-18-37)38-19-11-13-21-42(38)51(46)36-15-7-5-8-16-36/h5-29H,1-4H3. The predicted molar refractivity (Wildman–Crippen MR) is 220 cm³/mol. The Hall–Kier alpha value is -6.72. The van der Waals surface area contributed by atoms with Gasteiger partial charge in [0.15, 0.2) is 0 Å². The second-order valence-electron chi connectivity index (χ2n) is 14.3. The molecule has 0 unspecified atom stereocenters. The quantitative estimate of drug-likeness (QED) is 0.181. The van der Waals surface area contributed by atoms with Crippen molar-refractivity contribution in [2.45, 2.75) is 27.7 Å². The first-order valence-electron chi connectivity index (χ1n) is 18.2. The zero-order valence-corrected chi connectivity index (χ0v) is 30.2. The van der Waals surface area contributed by atoms with Crippen molar-refractivity contribution in [3.63, 3.8) is 0 Å². The van der Waals surface area contributed by atoms with E-state index >= 15 is 0 Å². The van der Waals surface area contributed by atoms with Gasteiger partial charge < -0.3 is 9.13 Å². The number of hydrogen-bond acceptors (Lipinski definition) is 2. The lowest BCUT2D eigenvalue weighted by atomic mass is 10.0. The van der Waals surface area contributed by atoms with E-state index in [1.807, 2.05) is 0 Å². The van der Waals surface area contributed by atoms with Crippen molar-refractivity contribution in [3.05, 3.63) is 174 Å². The van der Waals surface area contributed by atoms with E-state index in [0.29, 0.717) is 5.95 Å². The van der Waals surface area contributed by atoms with E-state index in [1.165, 1.54) is 27.6 Å². The number of aromatic nitrogens is 5. The van der Waals surface area contributed by atoms with Crippen molar-refractivity contribution in [2.75, 3.05) is 0 Å². The van der Waals surface area contributed by atoms with Crippen LogP contribution in [0.5, 0.6) is 0 Å². The third kappa shape index (κ3) is 4.92. The molecular weight excluding hydrogens is 647 g/mol. The van der Waals surface area contributed by atoms with E-state index in [4.69, 9.17) is 9.97 Å². The number of fused-ring (bicyclic) bond motifs is 7. The van der Waals surface area contributed by atoms with Gasteiger partial charge in [0, 0.05) is 33.3 Å². The molecular formula is C48H37N5. The lowest BCUT2D eigenvalue weighted by Crippen LogP contribution is -2.05. The van der Waals surface area contributed by atoms with Crippen LogP contribution in [0.15, 0.2) is 152 Å². The van der Waals surface area contributed by atoms with Gasteiger partial charge in [-0.25, -0.2) is 9.97 Å². The van der Waals surface area contributed by atoms with E-state index in [9.17, 15) is 0 Å². The van der Waals surface area contributed by atoms with Crippen LogP contribution in [0.1, 0.15) is 22.3 Å². The number of benzene rings is 6. The lowest BCUT2D eigenvalue weighted by molar-refractivity contribution is 0.994. The molecule has 5 nitrogen and oxygen atoms in total. The van der Waals surface area contributed by atoms with Crippen LogP contribution in [0.25, 0.3) is 83.7 Å². The molecule has 5 heteroatoms. The molecule has 6 aromatic carbocycles. The van der Waals surface area contributed by atoms with Gasteiger partial charge in [-0.2, -0.15) is 0 Å². The van der Waals surface area contributed by atoms with Crippen molar-refractivity contribution >= 4 is 43.9 Å². The van der Waals surface area contributed by atoms with Crippen LogP contribution in [0.4, 0.5) is 0 Å². The highest BCUT2D eigenvalue weighted by Gasteiger charge is 2.29. The maximum atomic E-state index is 5.48. The van der Waals surface area contributed by atoms with E-state index in [2.05, 4.69) is 193 Å². The van der Waals surface area contributed by atoms with Gasteiger partial charge in [0.2, 0.25) is 5.95 Å². The van der Waals surface area contributed by atoms with Gasteiger partial charge in [0.25, 0.3) is 0 Å². The molecule has 0 fully saturated rings. The average Bonchev–Trinajstić information content (AvgIpc) is 3.80. The molecule has 254 valence electrons. The van der Waals surface area contributed by atoms with Gasteiger partial charge in [0.05, 0.1) is 39.0 Å². The topological polar surface area (TPSA) is 40.6 Å². The normalized spacial score (nSPS) is 11.8. The molecule has 0 saturated heterocycles. The number of para-hydroxylation sites is 4. The SMILES string of the molecule is Cc1cc(C)cc(-c2cc(-c3cc(C)cc(C)c3)nc(-n3c4ccccc4c4c3c3c(c5ccccc5n3-c3ccccc3)n4-c3ccccc3)n2)c1. The Bertz CT molecular complexity index is 2920. The van der Waals surface area contributed by atoms with Crippen molar-refractivity contribution in [1.29, 1.82) is 0 Å². The van der Waals surface area contributed by atoms with Crippen LogP contribution in [-0.2, 0) is 0 Å². The van der Waals surface area contributed by atoms with Gasteiger partial charge in [-0.05, 0) is 94.4 Å². The van der Waals surface area contributed by atoms with Crippen molar-refractivity contribution in [3.8, 4) is 39.8 Å². The molecule has 0 amide bonds. The summed E-state index contributed by atoms with van der Waals surface area (Å²) in [5.74, 6) is 0.638. The zero-order chi connectivity index (χ0) is 35.8. The van der Waals surface area contributed by atoms with Crippen LogP contribution >= 0.6 is 0 Å². The van der Waals surface area contributed by atoms with Gasteiger partial charge in [-0.1, -0.05) is 107 Å². The van der Waals surface area contributed by atoms with Gasteiger partial charge in [-0.3, -0.25) is 4.57 Å². The third-order valence-corrected chi connectivity index (χ3v) is 10.3. The minimum atomic E-state index is 0.638. The number of hydrogen-bond donors (Lipinski definition) is 0. The Morgan fingerprint density at radius 3 is 1.25 bits per heavy atom. The van der Waals surface area contributed by atoms with Gasteiger partial charge in [-0.15, -0.1) is 0 Å². The first-order valence-corrected chi connectivity index (χ1v) is 18.2. The monoisotopic (exact) mass is 683 g/mol. The van der Waals surface area contributed by atoms with Gasteiger partial charge in [0.1, 0.15) is 5.52 Å². The first kappa shape index (κ1) is 31.1. The Kier molecular flexibility index (Phi) is 6.99. The Morgan fingerprint density at radius 2 is 0.755 bits per heavy atom. The third-order valence-electron chi connectivity index (χ3n) is 10.3. The second-order valence-corrected chi connectivity index (χ2v) is 14.3. The highest BCUT2D eigenvalue weighted by molar-refractivity contribution is 6.25. The van der Waals surface area contributed by atoms with E-state index in [-0.39, 0.29) is 0 Å². The largest absolute Gasteiger partial charge is 0.306 e. The van der Waals surface area contributed by atoms with Crippen molar-refractivity contribution in [2.24, 2.45) is 0 Å². The molecule has 53 heavy (non-hydrogen) atoms. The maximum Gasteiger partial charge on any atom is 0.235 e. The molecule has 0 atom stereocenters. The Labute approximate surface area is 308 Å². The summed E-state index contributed by atoms with van der Waals surface area (Å²) in [7, 11) is 0. The van der Waals surface area contributed by atoms with E-state index in [0.717, 1.165) is 72.4 Å². The summed E-state index contributed by atoms with van der Waals surface area (Å²) in [6.07, 6.45) is 0. The summed E-state index contributed by atoms with van der Waals surface area (Å²) in [6.45, 7) is 8.60. The van der Waals surface area contributed by atoms with Gasteiger partial charge >= 0.3 is 0 Å². The summed E-state index contributed by atoms with van der Waals surface area (Å²) in [5.41, 5.74) is 17.6. The summed E-state index contributed by atoms with van der Waals surface area (Å²) < 4.78 is 7.17. The van der Waals surface area contributed by atoms with E-state index < -0.39 is 0 Å². The minimum Gasteiger partial charge on any atom is -0.306 e. The van der Waals surface area contributed by atoms with Crippen LogP contribution < -0.4 is 0 Å². The molecule has 0 aliphatic carbocycles. The highest BCUT2D eigenvalue weighted by Crippen LogP contribution is 2.45. The molecule has 4 aromatic heterocycles. The summed E-state index contributed by atoms with van der Waals surface area (Å²) in [5, 5.41) is 2.32. The Balaban J connectivity index is 1.43. The summed E-state index contributed by atoms with van der Waals surface area (Å²) in [4.78, 5) is 11.0. The van der Waals surface area contributed by atoms with Crippen LogP contribution in [0.2, 0.25) is 0 Å². The molecule has 0 aliphatic heterocycles. The molecule has 0 aliphatic rings. The minimum absolute atomic E-state index is 0.638. The smallest absolute Gasteiger partial charge is 0.235 e. The molecule has 0 spiro atoms. The lowest BCUT2D eigenvalue weighted by Gasteiger charge is -2.14. The van der Waals surface area contributed by atoms with Crippen LogP contribution in [0.3, 0.4) is 0 Å². The van der Waals surface area contributed by atoms with E-state index in [1.54, 1.807) is 0 Å². The van der Waals surface area contributed by atoms with Crippen LogP contribution in [0, 0.1) is 27.7 Å². The first-order chi connectivity index (χ1) is 25.9. The fourth-order valence-electron chi connectivity index (χ4n) is 8.41. The molecule has 0 radical (unpaired) electrons. The van der Waals surface area contributed by atoms with Crippen molar-refractivity contribution in [1.82, 2.24) is 23.7 Å². The predicted octanol–water partition coefficient (Wildman–Crippen LogP) is 12.0. The molecule has 0 saturated carbocycles. The second kappa shape index (κ2) is 11.9. The molecule has 0 bridgehead atoms. The highest BCUT2D eigenvalue weighted by atomic mass is 15.2. The number of nitrogens with zero attached hydrogens (tertiary/aromatic N) is 5. The fourth-order valence-corrected chi connectivity index (χ4v) is 8.41. The molecule has 10 rings (SSSR count). The molecule has 10 aromatic rings. The summed E-state index contributed by atoms with van der Waals surface area (Å²) in [6, 6.07) is 54.4.